The Bertz CT molecular complexity index is 246. The molecule has 1 rings (SSSR count). The highest BCUT2D eigenvalue weighted by Gasteiger charge is 2.36. The molecule has 1 saturated heterocycles. The van der Waals surface area contributed by atoms with Crippen LogP contribution in [0.3, 0.4) is 0 Å². The van der Waals surface area contributed by atoms with Crippen LogP contribution in [0.4, 0.5) is 0 Å². The molecule has 0 saturated carbocycles. The summed E-state index contributed by atoms with van der Waals surface area (Å²) >= 11 is 0. The standard InChI is InChI=1S/C12H24N2O3/c1-4-12(5-2,8-15)14-11(16)9-6-17-7-10(9)13-3/h9-10,13,15H,4-8H2,1-3H3,(H,14,16). The van der Waals surface area contributed by atoms with Crippen LogP contribution in [-0.2, 0) is 9.53 Å². The summed E-state index contributed by atoms with van der Waals surface area (Å²) in [5.74, 6) is -0.191. The van der Waals surface area contributed by atoms with E-state index in [0.717, 1.165) is 12.8 Å². The van der Waals surface area contributed by atoms with Crippen molar-refractivity contribution >= 4 is 5.91 Å². The lowest BCUT2D eigenvalue weighted by Gasteiger charge is -2.32. The maximum Gasteiger partial charge on any atom is 0.227 e. The number of aliphatic hydroxyl groups is 1. The number of carbonyl (C=O) groups excluding carboxylic acids is 1. The molecule has 1 aliphatic heterocycles. The molecule has 17 heavy (non-hydrogen) atoms. The molecular formula is C12H24N2O3. The Balaban J connectivity index is 2.64. The van der Waals surface area contributed by atoms with E-state index in [4.69, 9.17) is 4.74 Å². The third-order valence-electron chi connectivity index (χ3n) is 3.83. The molecule has 1 fully saturated rings. The predicted octanol–water partition coefficient (Wildman–Crippen LogP) is -0.112. The highest BCUT2D eigenvalue weighted by Crippen LogP contribution is 2.18. The second-order valence-electron chi connectivity index (χ2n) is 4.67. The molecule has 0 radical (unpaired) electrons. The summed E-state index contributed by atoms with van der Waals surface area (Å²) in [6.45, 7) is 4.94. The molecule has 1 aliphatic rings. The van der Waals surface area contributed by atoms with Crippen molar-refractivity contribution in [2.24, 2.45) is 5.92 Å². The van der Waals surface area contributed by atoms with E-state index in [2.05, 4.69) is 10.6 Å². The Hall–Kier alpha value is -0.650. The first-order chi connectivity index (χ1) is 8.12. The van der Waals surface area contributed by atoms with Gasteiger partial charge in [0.2, 0.25) is 5.91 Å². The Morgan fingerprint density at radius 3 is 2.53 bits per heavy atom. The Morgan fingerprint density at radius 1 is 1.41 bits per heavy atom. The molecule has 0 aromatic heterocycles. The number of hydrogen-bond donors (Lipinski definition) is 3. The minimum absolute atomic E-state index is 0.0243. The molecule has 1 amide bonds. The SMILES string of the molecule is CCC(CC)(CO)NC(=O)C1COCC1NC. The van der Waals surface area contributed by atoms with Crippen molar-refractivity contribution in [2.45, 2.75) is 38.3 Å². The van der Waals surface area contributed by atoms with Crippen LogP contribution in [-0.4, -0.2) is 49.5 Å². The molecule has 1 heterocycles. The van der Waals surface area contributed by atoms with Crippen LogP contribution in [0.1, 0.15) is 26.7 Å². The highest BCUT2D eigenvalue weighted by atomic mass is 16.5. The fourth-order valence-electron chi connectivity index (χ4n) is 2.14. The number of aliphatic hydroxyl groups excluding tert-OH is 1. The average Bonchev–Trinajstić information content (AvgIpc) is 2.84. The summed E-state index contributed by atoms with van der Waals surface area (Å²) in [6.07, 6.45) is 1.45. The number of carbonyl (C=O) groups is 1. The topological polar surface area (TPSA) is 70.6 Å². The molecule has 2 unspecified atom stereocenters. The third-order valence-corrected chi connectivity index (χ3v) is 3.83. The predicted molar refractivity (Wildman–Crippen MR) is 65.7 cm³/mol. The van der Waals surface area contributed by atoms with Gasteiger partial charge in [0, 0.05) is 6.04 Å². The summed E-state index contributed by atoms with van der Waals surface area (Å²) in [5.41, 5.74) is -0.488. The van der Waals surface area contributed by atoms with E-state index in [1.807, 2.05) is 20.9 Å². The first kappa shape index (κ1) is 14.4. The van der Waals surface area contributed by atoms with E-state index in [9.17, 15) is 9.90 Å². The van der Waals surface area contributed by atoms with E-state index in [-0.39, 0.29) is 24.5 Å². The zero-order valence-electron chi connectivity index (χ0n) is 11.0. The monoisotopic (exact) mass is 244 g/mol. The van der Waals surface area contributed by atoms with Crippen LogP contribution in [0.2, 0.25) is 0 Å². The van der Waals surface area contributed by atoms with Gasteiger partial charge in [-0.3, -0.25) is 4.79 Å². The number of likely N-dealkylation sites (N-methyl/N-ethyl adjacent to an activating group) is 1. The minimum atomic E-state index is -0.488. The normalized spacial score (nSPS) is 24.9. The summed E-state index contributed by atoms with van der Waals surface area (Å²) in [6, 6.07) is 0.0695. The van der Waals surface area contributed by atoms with Crippen molar-refractivity contribution in [3.05, 3.63) is 0 Å². The summed E-state index contributed by atoms with van der Waals surface area (Å²) in [5, 5.41) is 15.5. The molecule has 3 N–H and O–H groups in total. The molecule has 5 nitrogen and oxygen atoms in total. The second kappa shape index (κ2) is 6.33. The van der Waals surface area contributed by atoms with E-state index < -0.39 is 5.54 Å². The zero-order chi connectivity index (χ0) is 12.9. The smallest absolute Gasteiger partial charge is 0.227 e. The summed E-state index contributed by atoms with van der Waals surface area (Å²) in [7, 11) is 1.83. The van der Waals surface area contributed by atoms with Crippen LogP contribution >= 0.6 is 0 Å². The summed E-state index contributed by atoms with van der Waals surface area (Å²) in [4.78, 5) is 12.2. The fraction of sp³-hybridized carbons (Fsp3) is 0.917. The molecular weight excluding hydrogens is 220 g/mol. The average molecular weight is 244 g/mol. The van der Waals surface area contributed by atoms with Crippen molar-refractivity contribution in [1.29, 1.82) is 0 Å². The molecule has 2 atom stereocenters. The molecule has 0 aromatic carbocycles. The van der Waals surface area contributed by atoms with Gasteiger partial charge in [-0.1, -0.05) is 13.8 Å². The van der Waals surface area contributed by atoms with Crippen LogP contribution in [0.25, 0.3) is 0 Å². The molecule has 0 aromatic rings. The van der Waals surface area contributed by atoms with Gasteiger partial charge in [0.05, 0.1) is 31.3 Å². The number of amides is 1. The van der Waals surface area contributed by atoms with Gasteiger partial charge in [0.15, 0.2) is 0 Å². The number of ether oxygens (including phenoxy) is 1. The first-order valence-electron chi connectivity index (χ1n) is 6.30. The maximum atomic E-state index is 12.2. The highest BCUT2D eigenvalue weighted by molar-refractivity contribution is 5.80. The summed E-state index contributed by atoms with van der Waals surface area (Å²) < 4.78 is 5.31. The van der Waals surface area contributed by atoms with Gasteiger partial charge >= 0.3 is 0 Å². The van der Waals surface area contributed by atoms with Crippen LogP contribution in [0.15, 0.2) is 0 Å². The number of rotatable bonds is 6. The Kier molecular flexibility index (Phi) is 5.36. The van der Waals surface area contributed by atoms with E-state index >= 15 is 0 Å². The minimum Gasteiger partial charge on any atom is -0.394 e. The van der Waals surface area contributed by atoms with Gasteiger partial charge in [0.25, 0.3) is 0 Å². The van der Waals surface area contributed by atoms with Crippen LogP contribution in [0, 0.1) is 5.92 Å². The van der Waals surface area contributed by atoms with E-state index in [1.54, 1.807) is 0 Å². The molecule has 0 aliphatic carbocycles. The van der Waals surface area contributed by atoms with Crippen molar-refractivity contribution in [2.75, 3.05) is 26.9 Å². The van der Waals surface area contributed by atoms with Gasteiger partial charge < -0.3 is 20.5 Å². The maximum absolute atomic E-state index is 12.2. The number of nitrogens with one attached hydrogen (secondary N) is 2. The molecule has 0 spiro atoms. The lowest BCUT2D eigenvalue weighted by Crippen LogP contribution is -2.54. The number of hydrogen-bond acceptors (Lipinski definition) is 4. The van der Waals surface area contributed by atoms with Crippen molar-refractivity contribution in [3.63, 3.8) is 0 Å². The lowest BCUT2D eigenvalue weighted by molar-refractivity contribution is -0.128. The molecule has 0 bridgehead atoms. The molecule has 100 valence electrons. The van der Waals surface area contributed by atoms with Crippen molar-refractivity contribution in [3.8, 4) is 0 Å². The first-order valence-corrected chi connectivity index (χ1v) is 6.30. The Morgan fingerprint density at radius 2 is 2.06 bits per heavy atom. The van der Waals surface area contributed by atoms with Gasteiger partial charge in [-0.15, -0.1) is 0 Å². The zero-order valence-corrected chi connectivity index (χ0v) is 11.0. The van der Waals surface area contributed by atoms with Gasteiger partial charge in [0.1, 0.15) is 0 Å². The van der Waals surface area contributed by atoms with Crippen LogP contribution in [0.5, 0.6) is 0 Å². The van der Waals surface area contributed by atoms with E-state index in [1.165, 1.54) is 0 Å². The molecule has 5 heteroatoms. The van der Waals surface area contributed by atoms with Gasteiger partial charge in [-0.05, 0) is 19.9 Å². The third kappa shape index (κ3) is 3.18. The quantitative estimate of drug-likeness (QED) is 0.609. The largest absolute Gasteiger partial charge is 0.394 e. The van der Waals surface area contributed by atoms with Gasteiger partial charge in [-0.2, -0.15) is 0 Å². The Labute approximate surface area is 103 Å². The van der Waals surface area contributed by atoms with E-state index in [0.29, 0.717) is 13.2 Å². The van der Waals surface area contributed by atoms with Crippen LogP contribution < -0.4 is 10.6 Å². The second-order valence-corrected chi connectivity index (χ2v) is 4.67. The van der Waals surface area contributed by atoms with Crippen molar-refractivity contribution < 1.29 is 14.6 Å². The van der Waals surface area contributed by atoms with Crippen molar-refractivity contribution in [1.82, 2.24) is 10.6 Å². The lowest BCUT2D eigenvalue weighted by atomic mass is 9.92. The van der Waals surface area contributed by atoms with Gasteiger partial charge in [-0.25, -0.2) is 0 Å². The fourth-order valence-corrected chi connectivity index (χ4v) is 2.14.